The molecule has 0 radical (unpaired) electrons. The van der Waals surface area contributed by atoms with Crippen LogP contribution in [0, 0.1) is 0 Å². The molecule has 3 aromatic rings. The van der Waals surface area contributed by atoms with Gasteiger partial charge in [-0.15, -0.1) is 0 Å². The first-order valence-corrected chi connectivity index (χ1v) is 6.91. The molecule has 4 nitrogen and oxygen atoms in total. The van der Waals surface area contributed by atoms with E-state index in [-0.39, 0.29) is 42.1 Å². The number of hydrogen-bond donors (Lipinski definition) is 2. The number of para-hydroxylation sites is 1. The molecule has 0 atom stereocenters. The van der Waals surface area contributed by atoms with Gasteiger partial charge in [0, 0.05) is 17.3 Å². The van der Waals surface area contributed by atoms with E-state index in [9.17, 15) is 23.1 Å². The van der Waals surface area contributed by atoms with Crippen LogP contribution in [0.3, 0.4) is 0 Å². The van der Waals surface area contributed by atoms with Gasteiger partial charge < -0.3 is 11.8 Å². The summed E-state index contributed by atoms with van der Waals surface area (Å²) in [7, 11) is 0. The van der Waals surface area contributed by atoms with Crippen molar-refractivity contribution in [3.05, 3.63) is 65.9 Å². The number of aromatic carboxylic acids is 1. The number of hydrogen-bond acceptors (Lipinski definition) is 3. The summed E-state index contributed by atoms with van der Waals surface area (Å²) in [5.41, 5.74) is 0.266. The Morgan fingerprint density at radius 2 is 1.80 bits per heavy atom. The zero-order chi connectivity index (χ0) is 17.3. The number of anilines is 2. The van der Waals surface area contributed by atoms with Crippen LogP contribution < -0.4 is 34.9 Å². The average Bonchev–Trinajstić information content (AvgIpc) is 2.54. The summed E-state index contributed by atoms with van der Waals surface area (Å²) in [6.07, 6.45) is -3.08. The van der Waals surface area contributed by atoms with Crippen molar-refractivity contribution in [2.75, 3.05) is 5.32 Å². The van der Waals surface area contributed by atoms with Gasteiger partial charge >= 0.3 is 41.7 Å². The number of pyridine rings is 1. The van der Waals surface area contributed by atoms with Gasteiger partial charge in [0.2, 0.25) is 0 Å². The summed E-state index contributed by atoms with van der Waals surface area (Å²) in [6.45, 7) is 0. The molecule has 0 unspecified atom stereocenters. The van der Waals surface area contributed by atoms with E-state index >= 15 is 0 Å². The van der Waals surface area contributed by atoms with Gasteiger partial charge in [0.15, 0.2) is 0 Å². The molecule has 0 aliphatic carbocycles. The summed E-state index contributed by atoms with van der Waals surface area (Å²) in [5.74, 6) is -1.10. The Hall–Kier alpha value is -2.09. The number of rotatable bonds is 3. The fraction of sp³-hybridized carbons (Fsp3) is 0.0588. The number of alkyl halides is 3. The minimum Gasteiger partial charge on any atom is -1.00 e. The zero-order valence-corrected chi connectivity index (χ0v) is 15.1. The summed E-state index contributed by atoms with van der Waals surface area (Å²) in [4.78, 5) is 15.2. The molecule has 124 valence electrons. The number of nitrogens with one attached hydrogen (secondary N) is 1. The summed E-state index contributed by atoms with van der Waals surface area (Å²) in [5, 5.41) is 12.6. The van der Waals surface area contributed by atoms with Crippen molar-refractivity contribution in [3.8, 4) is 0 Å². The zero-order valence-electron chi connectivity index (χ0n) is 14.1. The fourth-order valence-electron chi connectivity index (χ4n) is 2.36. The van der Waals surface area contributed by atoms with Crippen LogP contribution in [0.4, 0.5) is 24.5 Å². The predicted molar refractivity (Wildman–Crippen MR) is 84.5 cm³/mol. The van der Waals surface area contributed by atoms with Crippen LogP contribution in [0.5, 0.6) is 0 Å². The molecule has 8 heteroatoms. The van der Waals surface area contributed by atoms with Crippen molar-refractivity contribution >= 4 is 28.2 Å². The molecular formula is C17H12F3N2NaO2. The molecule has 0 saturated heterocycles. The molecule has 1 aromatic heterocycles. The molecule has 0 saturated carbocycles. The summed E-state index contributed by atoms with van der Waals surface area (Å²) in [6, 6.07) is 11.1. The second-order valence-corrected chi connectivity index (χ2v) is 5.06. The Balaban J connectivity index is 0.00000169. The van der Waals surface area contributed by atoms with Crippen molar-refractivity contribution in [1.82, 2.24) is 4.98 Å². The molecule has 3 rings (SSSR count). The SMILES string of the molecule is O=C(O)c1ccccc1Nc1ccnc2cc(C(F)(F)F)ccc12.[H-].[Na+]. The Bertz CT molecular complexity index is 935. The number of carboxylic acids is 1. The van der Waals surface area contributed by atoms with Crippen molar-refractivity contribution in [3.63, 3.8) is 0 Å². The summed E-state index contributed by atoms with van der Waals surface area (Å²) >= 11 is 0. The number of fused-ring (bicyclic) bond motifs is 1. The van der Waals surface area contributed by atoms with Gasteiger partial charge in [-0.05, 0) is 30.3 Å². The van der Waals surface area contributed by atoms with Crippen LogP contribution in [0.25, 0.3) is 10.9 Å². The monoisotopic (exact) mass is 356 g/mol. The average molecular weight is 356 g/mol. The second-order valence-electron chi connectivity index (χ2n) is 5.06. The topological polar surface area (TPSA) is 62.2 Å². The molecule has 0 amide bonds. The van der Waals surface area contributed by atoms with Crippen LogP contribution in [-0.2, 0) is 6.18 Å². The number of carbonyl (C=O) groups is 1. The molecule has 0 spiro atoms. The smallest absolute Gasteiger partial charge is 1.00 e. The molecule has 2 N–H and O–H groups in total. The van der Waals surface area contributed by atoms with Gasteiger partial charge in [-0.1, -0.05) is 18.2 Å². The van der Waals surface area contributed by atoms with Crippen LogP contribution in [0.2, 0.25) is 0 Å². The van der Waals surface area contributed by atoms with E-state index in [0.29, 0.717) is 16.8 Å². The second kappa shape index (κ2) is 7.43. The maximum absolute atomic E-state index is 12.8. The van der Waals surface area contributed by atoms with E-state index in [2.05, 4.69) is 10.3 Å². The summed E-state index contributed by atoms with van der Waals surface area (Å²) < 4.78 is 38.4. The minimum absolute atomic E-state index is 0. The third kappa shape index (κ3) is 4.12. The first kappa shape index (κ1) is 19.2. The molecule has 0 fully saturated rings. The Morgan fingerprint density at radius 1 is 1.08 bits per heavy atom. The Labute approximate surface area is 164 Å². The molecule has 0 aliphatic rings. The van der Waals surface area contributed by atoms with Crippen molar-refractivity contribution in [2.24, 2.45) is 0 Å². The van der Waals surface area contributed by atoms with E-state index in [1.54, 1.807) is 24.3 Å². The van der Waals surface area contributed by atoms with Gasteiger partial charge in [-0.25, -0.2) is 4.79 Å². The minimum atomic E-state index is -4.45. The standard InChI is InChI=1S/C17H11F3N2O2.Na.H/c18-17(19,20)10-5-6-11-14(7-8-21-15(11)9-10)22-13-4-2-1-3-12(13)16(23)24;;/h1-9H,(H,21,22)(H,23,24);;/q;+1;-1. The molecule has 0 aliphatic heterocycles. The van der Waals surface area contributed by atoms with Crippen molar-refractivity contribution < 1.29 is 54.1 Å². The predicted octanol–water partition coefficient (Wildman–Crippen LogP) is 1.81. The van der Waals surface area contributed by atoms with Crippen molar-refractivity contribution in [2.45, 2.75) is 6.18 Å². The van der Waals surface area contributed by atoms with Gasteiger partial charge in [0.1, 0.15) is 0 Å². The van der Waals surface area contributed by atoms with Gasteiger partial charge in [0.25, 0.3) is 0 Å². The van der Waals surface area contributed by atoms with E-state index in [0.717, 1.165) is 12.1 Å². The van der Waals surface area contributed by atoms with E-state index in [1.165, 1.54) is 18.3 Å². The first-order chi connectivity index (χ1) is 11.4. The number of benzene rings is 2. The molecule has 25 heavy (non-hydrogen) atoms. The van der Waals surface area contributed by atoms with E-state index in [1.807, 2.05) is 0 Å². The number of nitrogens with zero attached hydrogens (tertiary/aromatic N) is 1. The number of carboxylic acid groups (broad SMARTS) is 1. The molecular weight excluding hydrogens is 344 g/mol. The normalized spacial score (nSPS) is 11.0. The largest absolute Gasteiger partial charge is 1.00 e. The Kier molecular flexibility index (Phi) is 5.72. The van der Waals surface area contributed by atoms with Crippen LogP contribution in [0.1, 0.15) is 17.3 Å². The molecule has 0 bridgehead atoms. The first-order valence-electron chi connectivity index (χ1n) is 6.91. The maximum Gasteiger partial charge on any atom is 1.00 e. The van der Waals surface area contributed by atoms with Crippen LogP contribution in [-0.4, -0.2) is 16.1 Å². The van der Waals surface area contributed by atoms with Crippen LogP contribution >= 0.6 is 0 Å². The third-order valence-corrected chi connectivity index (χ3v) is 3.50. The number of aromatic nitrogens is 1. The van der Waals surface area contributed by atoms with Gasteiger partial charge in [-0.2, -0.15) is 13.2 Å². The maximum atomic E-state index is 12.8. The molecule has 1 heterocycles. The number of halogens is 3. The van der Waals surface area contributed by atoms with Gasteiger partial charge in [-0.3, -0.25) is 4.98 Å². The van der Waals surface area contributed by atoms with E-state index in [4.69, 9.17) is 0 Å². The van der Waals surface area contributed by atoms with Crippen molar-refractivity contribution in [1.29, 1.82) is 0 Å². The molecule has 2 aromatic carbocycles. The third-order valence-electron chi connectivity index (χ3n) is 3.50. The fourth-order valence-corrected chi connectivity index (χ4v) is 2.36. The Morgan fingerprint density at radius 3 is 2.48 bits per heavy atom. The van der Waals surface area contributed by atoms with E-state index < -0.39 is 17.7 Å². The van der Waals surface area contributed by atoms with Gasteiger partial charge in [0.05, 0.1) is 22.3 Å². The quantitative estimate of drug-likeness (QED) is 0.703. The van der Waals surface area contributed by atoms with Crippen LogP contribution in [0.15, 0.2) is 54.7 Å².